The van der Waals surface area contributed by atoms with Gasteiger partial charge >= 0.3 is 11.9 Å². The van der Waals surface area contributed by atoms with Crippen molar-refractivity contribution in [3.05, 3.63) is 72.9 Å². The largest absolute Gasteiger partial charge is 0.545 e. The number of aliphatic carboxylic acids is 1. The van der Waals surface area contributed by atoms with Crippen LogP contribution in [0.4, 0.5) is 0 Å². The van der Waals surface area contributed by atoms with Gasteiger partial charge in [-0.3, -0.25) is 9.59 Å². The molecule has 0 aromatic carbocycles. The number of hydrogen-bond acceptors (Lipinski definition) is 8. The van der Waals surface area contributed by atoms with Gasteiger partial charge in [0.05, 0.1) is 40.3 Å². The van der Waals surface area contributed by atoms with Crippen molar-refractivity contribution in [3.63, 3.8) is 0 Å². The van der Waals surface area contributed by atoms with Crippen LogP contribution < -0.4 is 5.11 Å². The molecule has 0 radical (unpaired) electrons. The van der Waals surface area contributed by atoms with Crippen molar-refractivity contribution in [1.82, 2.24) is 0 Å². The highest BCUT2D eigenvalue weighted by atomic mass is 16.7. The number of carboxylic acid groups (broad SMARTS) is 1. The van der Waals surface area contributed by atoms with Crippen LogP contribution in [0, 0.1) is 0 Å². The van der Waals surface area contributed by atoms with Crippen molar-refractivity contribution < 1.29 is 42.9 Å². The topological polar surface area (TPSA) is 111 Å². The summed E-state index contributed by atoms with van der Waals surface area (Å²) < 4.78 is 22.4. The zero-order valence-electron chi connectivity index (χ0n) is 36.0. The molecule has 0 aromatic heterocycles. The van der Waals surface area contributed by atoms with Gasteiger partial charge in [0.2, 0.25) is 0 Å². The van der Waals surface area contributed by atoms with Crippen LogP contribution in [0.5, 0.6) is 0 Å². The molecule has 0 heterocycles. The van der Waals surface area contributed by atoms with Gasteiger partial charge in [0, 0.05) is 12.8 Å². The minimum Gasteiger partial charge on any atom is -0.545 e. The number of carboxylic acids is 1. The summed E-state index contributed by atoms with van der Waals surface area (Å²) in [6.07, 6.45) is 43.7. The highest BCUT2D eigenvalue weighted by Gasteiger charge is 2.21. The molecule has 320 valence electrons. The molecule has 0 bridgehead atoms. The van der Waals surface area contributed by atoms with Gasteiger partial charge in [0.15, 0.2) is 12.4 Å². The fourth-order valence-electron chi connectivity index (χ4n) is 5.36. The highest BCUT2D eigenvalue weighted by molar-refractivity contribution is 5.70. The van der Waals surface area contributed by atoms with Crippen LogP contribution >= 0.6 is 0 Å². The lowest BCUT2D eigenvalue weighted by molar-refractivity contribution is -0.870. The van der Waals surface area contributed by atoms with E-state index in [1.54, 1.807) is 0 Å². The molecule has 0 fully saturated rings. The van der Waals surface area contributed by atoms with Crippen LogP contribution in [0.15, 0.2) is 72.9 Å². The molecule has 0 aliphatic heterocycles. The van der Waals surface area contributed by atoms with E-state index in [9.17, 15) is 19.5 Å². The van der Waals surface area contributed by atoms with Crippen molar-refractivity contribution in [2.75, 3.05) is 47.5 Å². The Hall–Kier alpha value is -3.27. The number of likely N-dealkylation sites (N-methyl/N-ethyl adjacent to an activating group) is 1. The molecule has 9 heteroatoms. The van der Waals surface area contributed by atoms with Gasteiger partial charge in [-0.2, -0.15) is 0 Å². The molecule has 9 nitrogen and oxygen atoms in total. The summed E-state index contributed by atoms with van der Waals surface area (Å²) in [6, 6.07) is 0. The average Bonchev–Trinajstić information content (AvgIpc) is 3.15. The highest BCUT2D eigenvalue weighted by Crippen LogP contribution is 2.12. The average molecular weight is 786 g/mol. The quantitative estimate of drug-likeness (QED) is 0.0200. The zero-order valence-corrected chi connectivity index (χ0v) is 36.0. The molecule has 0 aliphatic rings. The summed E-state index contributed by atoms with van der Waals surface area (Å²) in [5.74, 6) is -2.36. The third-order valence-electron chi connectivity index (χ3n) is 8.72. The van der Waals surface area contributed by atoms with Gasteiger partial charge in [-0.25, -0.2) is 0 Å². The van der Waals surface area contributed by atoms with Gasteiger partial charge in [-0.05, 0) is 64.2 Å². The number of esters is 2. The smallest absolute Gasteiger partial charge is 0.306 e. The van der Waals surface area contributed by atoms with E-state index >= 15 is 0 Å². The number of carbonyl (C=O) groups excluding carboxylic acids is 3. The Morgan fingerprint density at radius 2 is 1.02 bits per heavy atom. The van der Waals surface area contributed by atoms with Gasteiger partial charge in [0.25, 0.3) is 0 Å². The maximum absolute atomic E-state index is 12.7. The minimum atomic E-state index is -1.63. The first-order chi connectivity index (χ1) is 27.1. The summed E-state index contributed by atoms with van der Waals surface area (Å²) in [5, 5.41) is 11.7. The van der Waals surface area contributed by atoms with Gasteiger partial charge in [-0.15, -0.1) is 0 Å². The number of allylic oxidation sites excluding steroid dienone is 12. The molecule has 0 aliphatic carbocycles. The second kappa shape index (κ2) is 38.6. The number of unbranched alkanes of at least 4 members (excludes halogenated alkanes) is 11. The van der Waals surface area contributed by atoms with Crippen LogP contribution in [0.3, 0.4) is 0 Å². The molecule has 2 atom stereocenters. The predicted molar refractivity (Wildman–Crippen MR) is 228 cm³/mol. The summed E-state index contributed by atoms with van der Waals surface area (Å²) in [5.41, 5.74) is 0. The maximum atomic E-state index is 12.7. The number of ether oxygens (including phenoxy) is 4. The number of rotatable bonds is 38. The van der Waals surface area contributed by atoms with Crippen molar-refractivity contribution in [1.29, 1.82) is 0 Å². The molecule has 0 N–H and O–H groups in total. The normalized spacial score (nSPS) is 13.7. The summed E-state index contributed by atoms with van der Waals surface area (Å²) in [7, 11) is 5.88. The number of carbonyl (C=O) groups is 3. The molecule has 2 unspecified atom stereocenters. The van der Waals surface area contributed by atoms with E-state index < -0.39 is 24.3 Å². The lowest BCUT2D eigenvalue weighted by Crippen LogP contribution is -2.44. The Morgan fingerprint density at radius 1 is 0.554 bits per heavy atom. The Kier molecular flexibility index (Phi) is 36.3. The third-order valence-corrected chi connectivity index (χ3v) is 8.72. The molecular formula is C47H79NO8. The van der Waals surface area contributed by atoms with E-state index in [4.69, 9.17) is 18.9 Å². The lowest BCUT2D eigenvalue weighted by atomic mass is 10.1. The minimum absolute atomic E-state index is 0.136. The number of nitrogens with zero attached hydrogens (tertiary/aromatic N) is 1. The lowest BCUT2D eigenvalue weighted by Gasteiger charge is -2.26. The first-order valence-electron chi connectivity index (χ1n) is 21.6. The number of quaternary nitrogens is 1. The predicted octanol–water partition coefficient (Wildman–Crippen LogP) is 9.83. The Labute approximate surface area is 341 Å². The molecule has 0 rings (SSSR count). The Balaban J connectivity index is 4.54. The summed E-state index contributed by atoms with van der Waals surface area (Å²) >= 11 is 0. The first-order valence-corrected chi connectivity index (χ1v) is 21.6. The van der Waals surface area contributed by atoms with Gasteiger partial charge in [0.1, 0.15) is 13.2 Å². The van der Waals surface area contributed by atoms with Crippen molar-refractivity contribution in [2.45, 2.75) is 161 Å². The molecule has 0 saturated heterocycles. The second-order valence-corrected chi connectivity index (χ2v) is 15.3. The van der Waals surface area contributed by atoms with E-state index in [2.05, 4.69) is 86.8 Å². The number of hydrogen-bond donors (Lipinski definition) is 0. The maximum Gasteiger partial charge on any atom is 0.306 e. The molecule has 0 saturated carbocycles. The van der Waals surface area contributed by atoms with E-state index in [-0.39, 0.29) is 38.6 Å². The van der Waals surface area contributed by atoms with Gasteiger partial charge in [-0.1, -0.05) is 145 Å². The van der Waals surface area contributed by atoms with Crippen molar-refractivity contribution in [2.24, 2.45) is 0 Å². The van der Waals surface area contributed by atoms with Crippen molar-refractivity contribution in [3.8, 4) is 0 Å². The van der Waals surface area contributed by atoms with Gasteiger partial charge < -0.3 is 33.3 Å². The standard InChI is InChI=1S/C47H79NO8/c1-6-8-10-12-14-16-18-19-20-21-22-23-24-25-26-27-28-30-32-34-36-38-45(50)56-43(42-55-47(46(51)52)53-40-39-48(3,4)5)41-54-44(49)37-35-33-31-29-17-15-13-11-9-7-2/h8,10,14,16,19-20,22-23,25-26,28,30,43,47H,6-7,9,11-13,15,17-18,21,24,27,29,31-42H2,1-5H3/b10-8-,16-14-,20-19-,23-22-,26-25-,30-28-. The van der Waals surface area contributed by atoms with Crippen LogP contribution in [-0.4, -0.2) is 82.3 Å². The van der Waals surface area contributed by atoms with E-state index in [0.29, 0.717) is 17.4 Å². The van der Waals surface area contributed by atoms with Crippen molar-refractivity contribution >= 4 is 17.9 Å². The summed E-state index contributed by atoms with van der Waals surface area (Å²) in [6.45, 7) is 4.53. The molecule has 0 amide bonds. The third kappa shape index (κ3) is 39.0. The van der Waals surface area contributed by atoms with Crippen LogP contribution in [0.2, 0.25) is 0 Å². The SMILES string of the molecule is CC/C=C\C/C=C\C/C=C\C/C=C\C/C=C\C/C=C\CCCCC(=O)OC(COC(=O)CCCCCCCCCCCC)COC(OCC[N+](C)(C)C)C(=O)[O-]. The first kappa shape index (κ1) is 52.7. The molecule has 0 spiro atoms. The zero-order chi connectivity index (χ0) is 41.4. The van der Waals surface area contributed by atoms with Crippen LogP contribution in [0.1, 0.15) is 149 Å². The Morgan fingerprint density at radius 3 is 1.52 bits per heavy atom. The van der Waals surface area contributed by atoms with Crippen LogP contribution in [0.25, 0.3) is 0 Å². The van der Waals surface area contributed by atoms with Crippen LogP contribution in [-0.2, 0) is 33.3 Å². The summed E-state index contributed by atoms with van der Waals surface area (Å²) in [4.78, 5) is 36.8. The Bertz CT molecular complexity index is 1150. The second-order valence-electron chi connectivity index (χ2n) is 15.3. The molecular weight excluding hydrogens is 707 g/mol. The van der Waals surface area contributed by atoms with E-state index in [0.717, 1.165) is 70.6 Å². The molecule has 0 aromatic rings. The fraction of sp³-hybridized carbons (Fsp3) is 0.681. The van der Waals surface area contributed by atoms with E-state index in [1.807, 2.05) is 21.1 Å². The molecule has 56 heavy (non-hydrogen) atoms. The van der Waals surface area contributed by atoms with E-state index in [1.165, 1.54) is 44.9 Å². The fourth-order valence-corrected chi connectivity index (χ4v) is 5.36. The monoisotopic (exact) mass is 786 g/mol.